The van der Waals surface area contributed by atoms with Crippen molar-refractivity contribution >= 4 is 20.7 Å². The summed E-state index contributed by atoms with van der Waals surface area (Å²) in [5, 5.41) is 0.763. The third-order valence-corrected chi connectivity index (χ3v) is 6.02. The number of alkyl halides is 3. The van der Waals surface area contributed by atoms with Gasteiger partial charge in [-0.25, -0.2) is 8.42 Å². The van der Waals surface area contributed by atoms with E-state index in [-0.39, 0.29) is 5.56 Å². The number of rotatable bonds is 3. The van der Waals surface area contributed by atoms with E-state index < -0.39 is 25.7 Å². The molecule has 136 valence electrons. The number of sulfone groups is 1. The number of hydrogen-bond donors (Lipinski definition) is 0. The summed E-state index contributed by atoms with van der Waals surface area (Å²) in [4.78, 5) is 3.54. The van der Waals surface area contributed by atoms with Crippen molar-refractivity contribution < 1.29 is 21.6 Å². The largest absolute Gasteiger partial charge is 0.501 e. The average molecular weight is 379 g/mol. The van der Waals surface area contributed by atoms with Gasteiger partial charge in [0.25, 0.3) is 9.84 Å². The molecule has 0 atom stereocenters. The lowest BCUT2D eigenvalue weighted by Gasteiger charge is -2.29. The molecule has 0 aliphatic rings. The number of hydrogen-bond acceptors (Lipinski definition) is 3. The monoisotopic (exact) mass is 379 g/mol. The summed E-state index contributed by atoms with van der Waals surface area (Å²) in [7, 11) is -5.47. The molecule has 3 aromatic rings. The summed E-state index contributed by atoms with van der Waals surface area (Å²) in [5.41, 5.74) is -4.87. The summed E-state index contributed by atoms with van der Waals surface area (Å²) < 4.78 is 63.6. The van der Waals surface area contributed by atoms with Gasteiger partial charge in [-0.15, -0.1) is 0 Å². The van der Waals surface area contributed by atoms with Crippen LogP contribution in [0.1, 0.15) is 25.0 Å². The van der Waals surface area contributed by atoms with E-state index in [2.05, 4.69) is 4.98 Å². The highest BCUT2D eigenvalue weighted by molar-refractivity contribution is 7.92. The van der Waals surface area contributed by atoms with Crippen LogP contribution in [0.25, 0.3) is 10.9 Å². The zero-order chi connectivity index (χ0) is 19.2. The molecule has 0 N–H and O–H groups in total. The maximum absolute atomic E-state index is 13.1. The summed E-state index contributed by atoms with van der Waals surface area (Å²) >= 11 is 0. The van der Waals surface area contributed by atoms with Crippen LogP contribution in [0, 0.1) is 0 Å². The van der Waals surface area contributed by atoms with Gasteiger partial charge in [0, 0.05) is 17.0 Å². The van der Waals surface area contributed by atoms with Crippen molar-refractivity contribution in [2.75, 3.05) is 0 Å². The molecule has 0 aliphatic heterocycles. The number of pyridine rings is 1. The van der Waals surface area contributed by atoms with Gasteiger partial charge >= 0.3 is 5.51 Å². The van der Waals surface area contributed by atoms with Crippen molar-refractivity contribution in [1.29, 1.82) is 0 Å². The Morgan fingerprint density at radius 2 is 1.46 bits per heavy atom. The van der Waals surface area contributed by atoms with Crippen molar-refractivity contribution in [3.05, 3.63) is 71.9 Å². The molecule has 7 heteroatoms. The summed E-state index contributed by atoms with van der Waals surface area (Å²) in [6.45, 7) is 3.42. The van der Waals surface area contributed by atoms with E-state index in [1.165, 1.54) is 18.2 Å². The predicted octanol–water partition coefficient (Wildman–Crippen LogP) is 4.85. The van der Waals surface area contributed by atoms with Crippen LogP contribution in [0.3, 0.4) is 0 Å². The van der Waals surface area contributed by atoms with Crippen molar-refractivity contribution in [2.45, 2.75) is 29.7 Å². The number of halogens is 3. The fraction of sp³-hybridized carbons (Fsp3) is 0.211. The molecule has 0 amide bonds. The molecule has 0 fully saturated rings. The molecule has 0 saturated carbocycles. The highest BCUT2D eigenvalue weighted by atomic mass is 32.2. The van der Waals surface area contributed by atoms with Gasteiger partial charge in [-0.2, -0.15) is 13.2 Å². The van der Waals surface area contributed by atoms with Gasteiger partial charge in [0.05, 0.1) is 10.4 Å². The minimum atomic E-state index is -5.47. The Hall–Kier alpha value is -2.41. The Bertz CT molecular complexity index is 1070. The van der Waals surface area contributed by atoms with Gasteiger partial charge in [-0.3, -0.25) is 4.98 Å². The third kappa shape index (κ3) is 2.86. The topological polar surface area (TPSA) is 47.0 Å². The number of nitrogens with zero attached hydrogens (tertiary/aromatic N) is 1. The molecule has 0 bridgehead atoms. The number of aromatic nitrogens is 1. The van der Waals surface area contributed by atoms with Crippen LogP contribution in [0.15, 0.2) is 65.7 Å². The lowest BCUT2D eigenvalue weighted by molar-refractivity contribution is -0.0436. The molecule has 1 heterocycles. The molecule has 0 unspecified atom stereocenters. The van der Waals surface area contributed by atoms with E-state index in [9.17, 15) is 21.6 Å². The number of para-hydroxylation sites is 1. The quantitative estimate of drug-likeness (QED) is 0.653. The Morgan fingerprint density at radius 3 is 2.15 bits per heavy atom. The minimum Gasteiger partial charge on any atom is -0.256 e. The molecular formula is C19H16F3NO2S. The normalized spacial score (nSPS) is 13.1. The first-order valence-corrected chi connectivity index (χ1v) is 9.30. The fourth-order valence-electron chi connectivity index (χ4n) is 3.13. The predicted molar refractivity (Wildman–Crippen MR) is 93.6 cm³/mol. The van der Waals surface area contributed by atoms with E-state index in [0.29, 0.717) is 11.1 Å². The molecule has 0 saturated heterocycles. The maximum atomic E-state index is 13.1. The van der Waals surface area contributed by atoms with Gasteiger partial charge in [0.2, 0.25) is 0 Å². The third-order valence-electron chi connectivity index (χ3n) is 4.48. The molecule has 3 rings (SSSR count). The molecule has 0 aliphatic carbocycles. The van der Waals surface area contributed by atoms with Gasteiger partial charge in [-0.1, -0.05) is 50.2 Å². The van der Waals surface area contributed by atoms with Gasteiger partial charge in [-0.05, 0) is 29.3 Å². The first kappa shape index (κ1) is 18.4. The minimum absolute atomic E-state index is 0.0914. The van der Waals surface area contributed by atoms with Crippen molar-refractivity contribution in [2.24, 2.45) is 0 Å². The lowest BCUT2D eigenvalue weighted by Crippen LogP contribution is -2.28. The Balaban J connectivity index is 2.30. The molecule has 0 spiro atoms. The van der Waals surface area contributed by atoms with Crippen LogP contribution in [0.2, 0.25) is 0 Å². The van der Waals surface area contributed by atoms with Crippen LogP contribution in [0.5, 0.6) is 0 Å². The standard InChI is InChI=1S/C19H16F3NO2S/c1-18(2,14-11-12-23-16-9-5-3-7-13(14)16)15-8-4-6-10-17(15)26(24,25)19(20,21)22/h3-12H,1-2H3. The Morgan fingerprint density at radius 1 is 0.846 bits per heavy atom. The van der Waals surface area contributed by atoms with Crippen molar-refractivity contribution in [3.63, 3.8) is 0 Å². The SMILES string of the molecule is CC(C)(c1ccccc1S(=O)(=O)C(F)(F)F)c1ccnc2ccccc12. The van der Waals surface area contributed by atoms with E-state index in [1.807, 2.05) is 18.2 Å². The zero-order valence-electron chi connectivity index (χ0n) is 14.1. The van der Waals surface area contributed by atoms with E-state index in [1.54, 1.807) is 32.2 Å². The van der Waals surface area contributed by atoms with Crippen LogP contribution in [-0.2, 0) is 15.3 Å². The Labute approximate surface area is 149 Å². The lowest BCUT2D eigenvalue weighted by atomic mass is 9.77. The second kappa shape index (κ2) is 6.09. The van der Waals surface area contributed by atoms with Crippen molar-refractivity contribution in [1.82, 2.24) is 4.98 Å². The molecule has 26 heavy (non-hydrogen) atoms. The average Bonchev–Trinajstić information content (AvgIpc) is 2.60. The second-order valence-corrected chi connectivity index (χ2v) is 8.36. The van der Waals surface area contributed by atoms with Gasteiger partial charge in [0.15, 0.2) is 0 Å². The van der Waals surface area contributed by atoms with Crippen LogP contribution in [0.4, 0.5) is 13.2 Å². The molecule has 2 aromatic carbocycles. The second-order valence-electron chi connectivity index (χ2n) is 6.45. The van der Waals surface area contributed by atoms with E-state index in [0.717, 1.165) is 11.5 Å². The van der Waals surface area contributed by atoms with Gasteiger partial charge in [0.1, 0.15) is 0 Å². The van der Waals surface area contributed by atoms with Crippen LogP contribution in [-0.4, -0.2) is 18.9 Å². The number of benzene rings is 2. The first-order chi connectivity index (χ1) is 12.1. The first-order valence-electron chi connectivity index (χ1n) is 7.82. The maximum Gasteiger partial charge on any atom is 0.501 e. The summed E-state index contributed by atoms with van der Waals surface area (Å²) in [5.74, 6) is 0. The van der Waals surface area contributed by atoms with Gasteiger partial charge < -0.3 is 0 Å². The molecular weight excluding hydrogens is 363 g/mol. The number of fused-ring (bicyclic) bond motifs is 1. The smallest absolute Gasteiger partial charge is 0.256 e. The van der Waals surface area contributed by atoms with E-state index in [4.69, 9.17) is 0 Å². The van der Waals surface area contributed by atoms with E-state index >= 15 is 0 Å². The van der Waals surface area contributed by atoms with Crippen molar-refractivity contribution in [3.8, 4) is 0 Å². The fourth-order valence-corrected chi connectivity index (χ4v) is 4.25. The van der Waals surface area contributed by atoms with Crippen LogP contribution < -0.4 is 0 Å². The molecule has 3 nitrogen and oxygen atoms in total. The Kier molecular flexibility index (Phi) is 4.30. The highest BCUT2D eigenvalue weighted by Gasteiger charge is 2.49. The highest BCUT2D eigenvalue weighted by Crippen LogP contribution is 2.41. The molecule has 1 aromatic heterocycles. The summed E-state index contributed by atoms with van der Waals surface area (Å²) in [6, 6.07) is 14.2. The zero-order valence-corrected chi connectivity index (χ0v) is 14.9. The van der Waals surface area contributed by atoms with Crippen LogP contribution >= 0.6 is 0 Å². The summed E-state index contributed by atoms with van der Waals surface area (Å²) in [6.07, 6.45) is 1.57. The molecule has 0 radical (unpaired) electrons.